The average molecular weight is 277 g/mol. The van der Waals surface area contributed by atoms with Gasteiger partial charge < -0.3 is 5.11 Å². The summed E-state index contributed by atoms with van der Waals surface area (Å²) < 4.78 is 0. The van der Waals surface area contributed by atoms with E-state index in [1.54, 1.807) is 0 Å². The van der Waals surface area contributed by atoms with E-state index in [9.17, 15) is 10.4 Å². The first-order valence-corrected chi connectivity index (χ1v) is 8.27. The lowest BCUT2D eigenvalue weighted by molar-refractivity contribution is -0.170. The van der Waals surface area contributed by atoms with E-state index in [4.69, 9.17) is 0 Å². The Morgan fingerprint density at radius 3 is 2.00 bits per heavy atom. The highest BCUT2D eigenvalue weighted by atomic mass is 16.3. The average Bonchev–Trinajstić information content (AvgIpc) is 2.33. The molecule has 0 aromatic heterocycles. The monoisotopic (exact) mass is 277 g/mol. The minimum absolute atomic E-state index is 0.324. The molecule has 0 heterocycles. The molecule has 2 fully saturated rings. The lowest BCUT2D eigenvalue weighted by Gasteiger charge is -2.56. The Kier molecular flexibility index (Phi) is 3.97. The quantitative estimate of drug-likeness (QED) is 0.806. The zero-order valence-corrected chi connectivity index (χ0v) is 13.9. The Hall–Kier alpha value is -0.550. The standard InChI is InChI=1S/C18H31NO/c1-13(2)14-10-18(20,11-14)17(12-19)8-6-15(7-9-17)16(3,4)5/h13-15,20H,6-11H2,1-5H3. The molecular formula is C18H31NO. The maximum Gasteiger partial charge on any atom is 0.0860 e. The summed E-state index contributed by atoms with van der Waals surface area (Å²) in [6.45, 7) is 11.3. The minimum Gasteiger partial charge on any atom is -0.388 e. The van der Waals surface area contributed by atoms with Crippen LogP contribution >= 0.6 is 0 Å². The fourth-order valence-corrected chi connectivity index (χ4v) is 4.33. The molecule has 1 N–H and O–H groups in total. The van der Waals surface area contributed by atoms with Crippen molar-refractivity contribution in [3.8, 4) is 6.07 Å². The third-order valence-electron chi connectivity index (χ3n) is 6.31. The summed E-state index contributed by atoms with van der Waals surface area (Å²) in [4.78, 5) is 0. The number of rotatable bonds is 2. The highest BCUT2D eigenvalue weighted by Crippen LogP contribution is 2.58. The first kappa shape index (κ1) is 15.8. The first-order chi connectivity index (χ1) is 9.13. The van der Waals surface area contributed by atoms with Gasteiger partial charge in [-0.05, 0) is 61.7 Å². The fourth-order valence-electron chi connectivity index (χ4n) is 4.33. The van der Waals surface area contributed by atoms with Gasteiger partial charge in [0, 0.05) is 0 Å². The normalized spacial score (nSPS) is 42.1. The number of hydrogen-bond donors (Lipinski definition) is 1. The molecule has 2 aliphatic carbocycles. The molecule has 0 atom stereocenters. The molecule has 0 unspecified atom stereocenters. The minimum atomic E-state index is -0.709. The molecule has 0 aliphatic heterocycles. The molecule has 0 spiro atoms. The van der Waals surface area contributed by atoms with Gasteiger partial charge in [0.15, 0.2) is 0 Å². The zero-order valence-electron chi connectivity index (χ0n) is 13.9. The summed E-state index contributed by atoms with van der Waals surface area (Å²) in [6, 6.07) is 2.54. The van der Waals surface area contributed by atoms with Crippen molar-refractivity contribution in [2.45, 2.75) is 78.7 Å². The van der Waals surface area contributed by atoms with Gasteiger partial charge in [-0.2, -0.15) is 5.26 Å². The number of aliphatic hydroxyl groups is 1. The van der Waals surface area contributed by atoms with Crippen LogP contribution in [-0.4, -0.2) is 10.7 Å². The molecule has 114 valence electrons. The van der Waals surface area contributed by atoms with Gasteiger partial charge in [0.1, 0.15) is 0 Å². The van der Waals surface area contributed by atoms with E-state index < -0.39 is 11.0 Å². The van der Waals surface area contributed by atoms with Crippen molar-refractivity contribution < 1.29 is 5.11 Å². The molecule has 2 rings (SSSR count). The van der Waals surface area contributed by atoms with Gasteiger partial charge in [-0.25, -0.2) is 0 Å². The van der Waals surface area contributed by atoms with Crippen LogP contribution in [0.2, 0.25) is 0 Å². The lowest BCUT2D eigenvalue weighted by Crippen LogP contribution is -2.58. The van der Waals surface area contributed by atoms with E-state index in [2.05, 4.69) is 40.7 Å². The molecule has 2 nitrogen and oxygen atoms in total. The lowest BCUT2D eigenvalue weighted by atomic mass is 9.50. The second-order valence-corrected chi connectivity index (χ2v) is 8.78. The largest absolute Gasteiger partial charge is 0.388 e. The Morgan fingerprint density at radius 1 is 1.15 bits per heavy atom. The number of nitriles is 1. The molecule has 0 aromatic carbocycles. The van der Waals surface area contributed by atoms with Crippen LogP contribution in [0.25, 0.3) is 0 Å². The number of hydrogen-bond acceptors (Lipinski definition) is 2. The Morgan fingerprint density at radius 2 is 1.65 bits per heavy atom. The van der Waals surface area contributed by atoms with Crippen LogP contribution in [0.15, 0.2) is 0 Å². The maximum absolute atomic E-state index is 11.0. The van der Waals surface area contributed by atoms with Crippen LogP contribution in [0.3, 0.4) is 0 Å². The molecule has 20 heavy (non-hydrogen) atoms. The molecule has 0 radical (unpaired) electrons. The molecule has 0 amide bonds. The second-order valence-electron chi connectivity index (χ2n) is 8.78. The predicted molar refractivity (Wildman–Crippen MR) is 82.0 cm³/mol. The third-order valence-corrected chi connectivity index (χ3v) is 6.31. The Labute approximate surface area is 124 Å². The van der Waals surface area contributed by atoms with Gasteiger partial charge in [0.05, 0.1) is 17.1 Å². The van der Waals surface area contributed by atoms with Crippen molar-refractivity contribution in [2.75, 3.05) is 0 Å². The van der Waals surface area contributed by atoms with Crippen LogP contribution in [0.5, 0.6) is 0 Å². The summed E-state index contributed by atoms with van der Waals surface area (Å²) in [5.41, 5.74) is -0.857. The van der Waals surface area contributed by atoms with Crippen molar-refractivity contribution in [3.63, 3.8) is 0 Å². The molecule has 2 saturated carbocycles. The van der Waals surface area contributed by atoms with E-state index in [1.165, 1.54) is 0 Å². The van der Waals surface area contributed by atoms with Gasteiger partial charge in [0.2, 0.25) is 0 Å². The number of nitrogens with zero attached hydrogens (tertiary/aromatic N) is 1. The molecule has 2 heteroatoms. The smallest absolute Gasteiger partial charge is 0.0860 e. The Bertz CT molecular complexity index is 385. The maximum atomic E-state index is 11.0. The van der Waals surface area contributed by atoms with Gasteiger partial charge in [-0.1, -0.05) is 34.6 Å². The second kappa shape index (κ2) is 5.02. The van der Waals surface area contributed by atoms with Crippen LogP contribution in [0.1, 0.15) is 73.1 Å². The summed E-state index contributed by atoms with van der Waals surface area (Å²) >= 11 is 0. The SMILES string of the molecule is CC(C)C1CC(O)(C2(C#N)CCC(C(C)(C)C)CC2)C1. The van der Waals surface area contributed by atoms with Gasteiger partial charge >= 0.3 is 0 Å². The molecule has 2 aliphatic rings. The summed E-state index contributed by atoms with van der Waals surface area (Å²) in [5.74, 6) is 1.91. The predicted octanol–water partition coefficient (Wildman–Crippen LogP) is 4.53. The Balaban J connectivity index is 2.06. The highest BCUT2D eigenvalue weighted by Gasteiger charge is 2.59. The van der Waals surface area contributed by atoms with Crippen molar-refractivity contribution in [1.29, 1.82) is 5.26 Å². The van der Waals surface area contributed by atoms with Crippen molar-refractivity contribution in [2.24, 2.45) is 28.6 Å². The van der Waals surface area contributed by atoms with Crippen LogP contribution in [-0.2, 0) is 0 Å². The zero-order chi connectivity index (χ0) is 15.2. The van der Waals surface area contributed by atoms with Crippen LogP contribution in [0, 0.1) is 39.9 Å². The molecule has 0 saturated heterocycles. The highest BCUT2D eigenvalue weighted by molar-refractivity contribution is 5.18. The molecule has 0 aromatic rings. The van der Waals surface area contributed by atoms with E-state index >= 15 is 0 Å². The van der Waals surface area contributed by atoms with Crippen molar-refractivity contribution in [1.82, 2.24) is 0 Å². The van der Waals surface area contributed by atoms with E-state index in [1.807, 2.05) is 0 Å². The molecule has 0 bridgehead atoms. The van der Waals surface area contributed by atoms with Gasteiger partial charge in [-0.15, -0.1) is 0 Å². The van der Waals surface area contributed by atoms with Crippen molar-refractivity contribution >= 4 is 0 Å². The van der Waals surface area contributed by atoms with E-state index in [-0.39, 0.29) is 0 Å². The fraction of sp³-hybridized carbons (Fsp3) is 0.944. The van der Waals surface area contributed by atoms with Crippen LogP contribution < -0.4 is 0 Å². The summed E-state index contributed by atoms with van der Waals surface area (Å²) in [7, 11) is 0. The van der Waals surface area contributed by atoms with Crippen molar-refractivity contribution in [3.05, 3.63) is 0 Å². The van der Waals surface area contributed by atoms with Crippen LogP contribution in [0.4, 0.5) is 0 Å². The third kappa shape index (κ3) is 2.50. The topological polar surface area (TPSA) is 44.0 Å². The van der Waals surface area contributed by atoms with E-state index in [0.717, 1.165) is 38.5 Å². The molecular weight excluding hydrogens is 246 g/mol. The first-order valence-electron chi connectivity index (χ1n) is 8.27. The van der Waals surface area contributed by atoms with Gasteiger partial charge in [-0.3, -0.25) is 0 Å². The summed E-state index contributed by atoms with van der Waals surface area (Å²) in [6.07, 6.45) is 5.60. The van der Waals surface area contributed by atoms with Gasteiger partial charge in [0.25, 0.3) is 0 Å². The van der Waals surface area contributed by atoms with E-state index in [0.29, 0.717) is 23.2 Å². The summed E-state index contributed by atoms with van der Waals surface area (Å²) in [5, 5.41) is 20.7.